The summed E-state index contributed by atoms with van der Waals surface area (Å²) >= 11 is 0. The van der Waals surface area contributed by atoms with Crippen molar-refractivity contribution in [2.45, 2.75) is 31.9 Å². The van der Waals surface area contributed by atoms with Gasteiger partial charge in [0, 0.05) is 12.8 Å². The molecule has 2 N–H and O–H groups in total. The Morgan fingerprint density at radius 1 is 1.64 bits per heavy atom. The fourth-order valence-electron chi connectivity index (χ4n) is 1.80. The van der Waals surface area contributed by atoms with Gasteiger partial charge in [0.05, 0.1) is 18.8 Å². The summed E-state index contributed by atoms with van der Waals surface area (Å²) in [6.45, 7) is 2.47. The molecule has 1 aliphatic rings. The molecule has 1 saturated heterocycles. The molecule has 2 rings (SSSR count). The molecule has 0 spiro atoms. The second kappa shape index (κ2) is 4.57. The summed E-state index contributed by atoms with van der Waals surface area (Å²) in [5.74, 6) is 0. The molecule has 1 aromatic heterocycles. The van der Waals surface area contributed by atoms with E-state index in [1.807, 2.05) is 10.9 Å². The number of nitrogens with two attached hydrogens (primary N) is 1. The topological polar surface area (TPSA) is 53.1 Å². The fourth-order valence-corrected chi connectivity index (χ4v) is 1.80. The number of nitrogens with zero attached hydrogens (tertiary/aromatic N) is 2. The van der Waals surface area contributed by atoms with E-state index in [9.17, 15) is 0 Å². The van der Waals surface area contributed by atoms with E-state index in [1.54, 1.807) is 0 Å². The van der Waals surface area contributed by atoms with Gasteiger partial charge in [-0.25, -0.2) is 0 Å². The lowest BCUT2D eigenvalue weighted by Crippen LogP contribution is -2.15. The van der Waals surface area contributed by atoms with Crippen LogP contribution in [0, 0.1) is 0 Å². The van der Waals surface area contributed by atoms with Crippen LogP contribution in [0.5, 0.6) is 0 Å². The van der Waals surface area contributed by atoms with E-state index in [-0.39, 0.29) is 0 Å². The maximum absolute atomic E-state index is 5.54. The van der Waals surface area contributed by atoms with E-state index in [0.717, 1.165) is 26.0 Å². The van der Waals surface area contributed by atoms with Crippen LogP contribution in [0.15, 0.2) is 12.4 Å². The Hall–Kier alpha value is -0.870. The normalized spacial score (nSPS) is 21.6. The lowest BCUT2D eigenvalue weighted by molar-refractivity contribution is 0.0940. The van der Waals surface area contributed by atoms with Gasteiger partial charge in [-0.3, -0.25) is 4.68 Å². The quantitative estimate of drug-likeness (QED) is 0.764. The van der Waals surface area contributed by atoms with Crippen LogP contribution >= 0.6 is 0 Å². The molecular weight excluding hydrogens is 178 g/mol. The predicted molar refractivity (Wildman–Crippen MR) is 54.0 cm³/mol. The smallest absolute Gasteiger partial charge is 0.0771 e. The third kappa shape index (κ3) is 2.33. The summed E-state index contributed by atoms with van der Waals surface area (Å²) in [6.07, 6.45) is 7.57. The molecule has 1 atom stereocenters. The molecule has 0 saturated carbocycles. The third-order valence-corrected chi connectivity index (χ3v) is 2.53. The number of hydrogen-bond acceptors (Lipinski definition) is 3. The van der Waals surface area contributed by atoms with Gasteiger partial charge >= 0.3 is 0 Å². The summed E-state index contributed by atoms with van der Waals surface area (Å²) in [7, 11) is 0. The molecule has 14 heavy (non-hydrogen) atoms. The van der Waals surface area contributed by atoms with Crippen molar-refractivity contribution in [1.29, 1.82) is 0 Å². The average molecular weight is 195 g/mol. The van der Waals surface area contributed by atoms with Crippen molar-refractivity contribution < 1.29 is 4.74 Å². The van der Waals surface area contributed by atoms with Crippen LogP contribution in [0.3, 0.4) is 0 Å². The van der Waals surface area contributed by atoms with Crippen LogP contribution in [0.1, 0.15) is 18.4 Å². The van der Waals surface area contributed by atoms with Crippen LogP contribution in [0.2, 0.25) is 0 Å². The van der Waals surface area contributed by atoms with Crippen molar-refractivity contribution in [3.05, 3.63) is 18.0 Å². The Labute approximate surface area is 84.0 Å². The first-order valence-corrected chi connectivity index (χ1v) is 5.21. The van der Waals surface area contributed by atoms with Crippen LogP contribution in [-0.2, 0) is 17.7 Å². The van der Waals surface area contributed by atoms with Crippen molar-refractivity contribution in [3.63, 3.8) is 0 Å². The first-order chi connectivity index (χ1) is 6.88. The summed E-state index contributed by atoms with van der Waals surface area (Å²) in [4.78, 5) is 0. The van der Waals surface area contributed by atoms with Crippen molar-refractivity contribution in [3.8, 4) is 0 Å². The monoisotopic (exact) mass is 195 g/mol. The van der Waals surface area contributed by atoms with Crippen LogP contribution in [0.25, 0.3) is 0 Å². The maximum atomic E-state index is 5.54. The molecule has 1 aliphatic heterocycles. The van der Waals surface area contributed by atoms with Gasteiger partial charge in [0.15, 0.2) is 0 Å². The Bertz CT molecular complexity index is 279. The molecule has 0 radical (unpaired) electrons. The molecule has 78 valence electrons. The number of rotatable bonds is 4. The van der Waals surface area contributed by atoms with Gasteiger partial charge < -0.3 is 10.5 Å². The molecule has 0 bridgehead atoms. The highest BCUT2D eigenvalue weighted by atomic mass is 16.5. The SMILES string of the molecule is NCCc1cnn(C[C@@H]2CCCO2)c1. The van der Waals surface area contributed by atoms with Crippen LogP contribution in [0.4, 0.5) is 0 Å². The molecule has 2 heterocycles. The third-order valence-electron chi connectivity index (χ3n) is 2.53. The minimum absolute atomic E-state index is 0.362. The van der Waals surface area contributed by atoms with E-state index < -0.39 is 0 Å². The average Bonchev–Trinajstić information content (AvgIpc) is 2.79. The van der Waals surface area contributed by atoms with E-state index in [2.05, 4.69) is 11.3 Å². The molecule has 0 unspecified atom stereocenters. The van der Waals surface area contributed by atoms with Crippen molar-refractivity contribution in [1.82, 2.24) is 9.78 Å². The van der Waals surface area contributed by atoms with Gasteiger partial charge in [-0.2, -0.15) is 5.10 Å². The van der Waals surface area contributed by atoms with Crippen LogP contribution < -0.4 is 5.73 Å². The van der Waals surface area contributed by atoms with Crippen molar-refractivity contribution in [2.24, 2.45) is 5.73 Å². The summed E-state index contributed by atoms with van der Waals surface area (Å²) in [5, 5.41) is 4.28. The van der Waals surface area contributed by atoms with Gasteiger partial charge in [-0.15, -0.1) is 0 Å². The van der Waals surface area contributed by atoms with Gasteiger partial charge in [-0.05, 0) is 31.4 Å². The van der Waals surface area contributed by atoms with Gasteiger partial charge in [0.1, 0.15) is 0 Å². The molecule has 4 heteroatoms. The lowest BCUT2D eigenvalue weighted by Gasteiger charge is -2.08. The van der Waals surface area contributed by atoms with Crippen LogP contribution in [-0.4, -0.2) is 29.0 Å². The highest BCUT2D eigenvalue weighted by Gasteiger charge is 2.16. The van der Waals surface area contributed by atoms with Gasteiger partial charge in [0.2, 0.25) is 0 Å². The van der Waals surface area contributed by atoms with E-state index in [1.165, 1.54) is 12.0 Å². The van der Waals surface area contributed by atoms with E-state index >= 15 is 0 Å². The zero-order chi connectivity index (χ0) is 9.80. The van der Waals surface area contributed by atoms with Gasteiger partial charge in [0.25, 0.3) is 0 Å². The molecule has 1 fully saturated rings. The van der Waals surface area contributed by atoms with E-state index in [4.69, 9.17) is 10.5 Å². The second-order valence-corrected chi connectivity index (χ2v) is 3.74. The highest BCUT2D eigenvalue weighted by molar-refractivity contribution is 5.04. The highest BCUT2D eigenvalue weighted by Crippen LogP contribution is 2.13. The Morgan fingerprint density at radius 2 is 2.57 bits per heavy atom. The van der Waals surface area contributed by atoms with E-state index in [0.29, 0.717) is 12.6 Å². The predicted octanol–water partition coefficient (Wildman–Crippen LogP) is 0.563. The summed E-state index contributed by atoms with van der Waals surface area (Å²) in [5.41, 5.74) is 6.69. The minimum atomic E-state index is 0.362. The first kappa shape index (κ1) is 9.68. The van der Waals surface area contributed by atoms with Crippen molar-refractivity contribution >= 4 is 0 Å². The zero-order valence-corrected chi connectivity index (χ0v) is 8.35. The number of aromatic nitrogens is 2. The number of ether oxygens (including phenoxy) is 1. The fraction of sp³-hybridized carbons (Fsp3) is 0.700. The minimum Gasteiger partial charge on any atom is -0.376 e. The largest absolute Gasteiger partial charge is 0.376 e. The molecule has 4 nitrogen and oxygen atoms in total. The molecule has 0 amide bonds. The Morgan fingerprint density at radius 3 is 3.29 bits per heavy atom. The summed E-state index contributed by atoms with van der Waals surface area (Å²) in [6, 6.07) is 0. The summed E-state index contributed by atoms with van der Waals surface area (Å²) < 4.78 is 7.50. The maximum Gasteiger partial charge on any atom is 0.0771 e. The second-order valence-electron chi connectivity index (χ2n) is 3.74. The zero-order valence-electron chi connectivity index (χ0n) is 8.35. The molecule has 0 aliphatic carbocycles. The Kier molecular flexibility index (Phi) is 3.16. The Balaban J connectivity index is 1.88. The van der Waals surface area contributed by atoms with Gasteiger partial charge in [-0.1, -0.05) is 0 Å². The molecular formula is C10H17N3O. The molecule has 1 aromatic rings. The molecule has 0 aromatic carbocycles. The lowest BCUT2D eigenvalue weighted by atomic mass is 10.2. The number of hydrogen-bond donors (Lipinski definition) is 1. The first-order valence-electron chi connectivity index (χ1n) is 5.21. The van der Waals surface area contributed by atoms with Crippen molar-refractivity contribution in [2.75, 3.05) is 13.2 Å². The standard InChI is InChI=1S/C10H17N3O/c11-4-3-9-6-12-13(7-9)8-10-2-1-5-14-10/h6-7,10H,1-5,8,11H2/t10-/m0/s1.